The van der Waals surface area contributed by atoms with Gasteiger partial charge in [-0.15, -0.1) is 11.8 Å². The van der Waals surface area contributed by atoms with Crippen molar-refractivity contribution in [2.75, 3.05) is 12.3 Å². The van der Waals surface area contributed by atoms with Crippen LogP contribution in [0.15, 0.2) is 48.5 Å². The van der Waals surface area contributed by atoms with Crippen LogP contribution in [0.4, 0.5) is 5.69 Å². The fourth-order valence-corrected chi connectivity index (χ4v) is 3.79. The summed E-state index contributed by atoms with van der Waals surface area (Å²) in [6, 6.07) is 13.6. The minimum absolute atomic E-state index is 0.0426. The summed E-state index contributed by atoms with van der Waals surface area (Å²) >= 11 is 1.42. The quantitative estimate of drug-likeness (QED) is 0.417. The van der Waals surface area contributed by atoms with E-state index >= 15 is 0 Å². The smallest absolute Gasteiger partial charge is 0.269 e. The summed E-state index contributed by atoms with van der Waals surface area (Å²) in [6.45, 7) is 6.66. The van der Waals surface area contributed by atoms with Gasteiger partial charge in [-0.2, -0.15) is 0 Å². The molecule has 0 bridgehead atoms. The summed E-state index contributed by atoms with van der Waals surface area (Å²) in [5.74, 6) is 0.488. The van der Waals surface area contributed by atoms with E-state index in [1.807, 2.05) is 38.1 Å². The number of non-ortho nitro benzene ring substituents is 1. The zero-order valence-electron chi connectivity index (χ0n) is 18.2. The average molecular weight is 444 g/mol. The normalized spacial score (nSPS) is 11.6. The van der Waals surface area contributed by atoms with E-state index in [1.165, 1.54) is 23.9 Å². The molecule has 2 aromatic carbocycles. The first-order valence-corrected chi connectivity index (χ1v) is 11.4. The van der Waals surface area contributed by atoms with Crippen LogP contribution in [0, 0.1) is 17.0 Å². The number of amides is 2. The molecule has 0 heterocycles. The standard InChI is InChI=1S/C23H29N3O4S/c1-4-13-24-23(28)18(3)25(14-19-7-5-17(2)6-8-19)22(27)16-31-15-20-9-11-21(12-10-20)26(29)30/h5-12,18H,4,13-16H2,1-3H3,(H,24,28)/t18-/m1/s1. The summed E-state index contributed by atoms with van der Waals surface area (Å²) in [4.78, 5) is 37.4. The number of benzene rings is 2. The van der Waals surface area contributed by atoms with Crippen molar-refractivity contribution in [3.8, 4) is 0 Å². The highest BCUT2D eigenvalue weighted by Crippen LogP contribution is 2.18. The summed E-state index contributed by atoms with van der Waals surface area (Å²) in [6.07, 6.45) is 0.829. The summed E-state index contributed by atoms with van der Waals surface area (Å²) < 4.78 is 0. The molecule has 1 atom stereocenters. The lowest BCUT2D eigenvalue weighted by atomic mass is 10.1. The van der Waals surface area contributed by atoms with Crippen LogP contribution in [0.25, 0.3) is 0 Å². The number of thioether (sulfide) groups is 1. The fourth-order valence-electron chi connectivity index (χ4n) is 2.92. The number of hydrogen-bond donors (Lipinski definition) is 1. The van der Waals surface area contributed by atoms with Crippen molar-refractivity contribution in [1.29, 1.82) is 0 Å². The first-order chi connectivity index (χ1) is 14.8. The van der Waals surface area contributed by atoms with Gasteiger partial charge in [0.05, 0.1) is 10.7 Å². The second-order valence-corrected chi connectivity index (χ2v) is 8.38. The zero-order valence-corrected chi connectivity index (χ0v) is 19.0. The van der Waals surface area contributed by atoms with Gasteiger partial charge in [0.2, 0.25) is 11.8 Å². The van der Waals surface area contributed by atoms with E-state index in [2.05, 4.69) is 5.32 Å². The second-order valence-electron chi connectivity index (χ2n) is 7.39. The highest BCUT2D eigenvalue weighted by molar-refractivity contribution is 7.99. The van der Waals surface area contributed by atoms with Crippen molar-refractivity contribution in [2.45, 2.75) is 45.5 Å². The monoisotopic (exact) mass is 443 g/mol. The fraction of sp³-hybridized carbons (Fsp3) is 0.391. The molecule has 31 heavy (non-hydrogen) atoms. The van der Waals surface area contributed by atoms with Crippen LogP contribution in [-0.4, -0.2) is 40.0 Å². The molecule has 0 saturated heterocycles. The Morgan fingerprint density at radius 2 is 1.71 bits per heavy atom. The molecular weight excluding hydrogens is 414 g/mol. The second kappa shape index (κ2) is 12.1. The predicted octanol–water partition coefficient (Wildman–Crippen LogP) is 4.08. The summed E-state index contributed by atoms with van der Waals surface area (Å²) in [7, 11) is 0. The van der Waals surface area contributed by atoms with Gasteiger partial charge in [-0.3, -0.25) is 19.7 Å². The Balaban J connectivity index is 2.02. The van der Waals surface area contributed by atoms with Crippen molar-refractivity contribution < 1.29 is 14.5 Å². The van der Waals surface area contributed by atoms with Crippen LogP contribution in [0.5, 0.6) is 0 Å². The van der Waals surface area contributed by atoms with Gasteiger partial charge in [-0.05, 0) is 31.4 Å². The third-order valence-corrected chi connectivity index (χ3v) is 5.82. The number of aryl methyl sites for hydroxylation is 1. The van der Waals surface area contributed by atoms with Crippen LogP contribution < -0.4 is 5.32 Å². The SMILES string of the molecule is CCCNC(=O)[C@@H](C)N(Cc1ccc(C)cc1)C(=O)CSCc1ccc([N+](=O)[O-])cc1. The van der Waals surface area contributed by atoms with Crippen LogP contribution >= 0.6 is 11.8 Å². The van der Waals surface area contributed by atoms with Crippen molar-refractivity contribution in [3.63, 3.8) is 0 Å². The summed E-state index contributed by atoms with van der Waals surface area (Å²) in [5.41, 5.74) is 3.05. The molecular formula is C23H29N3O4S. The average Bonchev–Trinajstić information content (AvgIpc) is 2.76. The molecule has 8 heteroatoms. The number of carbonyl (C=O) groups is 2. The molecule has 0 radical (unpaired) electrons. The number of nitro groups is 1. The third kappa shape index (κ3) is 7.71. The number of carbonyl (C=O) groups excluding carboxylic acids is 2. The van der Waals surface area contributed by atoms with E-state index in [-0.39, 0.29) is 23.3 Å². The molecule has 2 aromatic rings. The number of nitro benzene ring substituents is 1. The maximum Gasteiger partial charge on any atom is 0.269 e. The van der Waals surface area contributed by atoms with Crippen LogP contribution in [0.3, 0.4) is 0 Å². The Kier molecular flexibility index (Phi) is 9.52. The van der Waals surface area contributed by atoms with Crippen molar-refractivity contribution in [3.05, 3.63) is 75.3 Å². The topological polar surface area (TPSA) is 92.6 Å². The van der Waals surface area contributed by atoms with Crippen molar-refractivity contribution in [2.24, 2.45) is 0 Å². The highest BCUT2D eigenvalue weighted by Gasteiger charge is 2.25. The van der Waals surface area contributed by atoms with Gasteiger partial charge < -0.3 is 10.2 Å². The Morgan fingerprint density at radius 1 is 1.10 bits per heavy atom. The Bertz CT molecular complexity index is 885. The third-order valence-electron chi connectivity index (χ3n) is 4.83. The van der Waals surface area contributed by atoms with E-state index in [9.17, 15) is 19.7 Å². The lowest BCUT2D eigenvalue weighted by molar-refractivity contribution is -0.384. The maximum absolute atomic E-state index is 13.0. The van der Waals surface area contributed by atoms with Crippen LogP contribution in [0.2, 0.25) is 0 Å². The first kappa shape index (κ1) is 24.4. The van der Waals surface area contributed by atoms with E-state index in [1.54, 1.807) is 24.0 Å². The molecule has 0 aliphatic rings. The molecule has 166 valence electrons. The summed E-state index contributed by atoms with van der Waals surface area (Å²) in [5, 5.41) is 13.6. The Morgan fingerprint density at radius 3 is 2.29 bits per heavy atom. The molecule has 0 aliphatic carbocycles. The van der Waals surface area contributed by atoms with Crippen molar-refractivity contribution in [1.82, 2.24) is 10.2 Å². The minimum atomic E-state index is -0.583. The van der Waals surface area contributed by atoms with Gasteiger partial charge in [0, 0.05) is 31.0 Å². The Hall–Kier alpha value is -2.87. The molecule has 2 rings (SSSR count). The van der Waals surface area contributed by atoms with Gasteiger partial charge in [0.25, 0.3) is 5.69 Å². The number of nitrogens with zero attached hydrogens (tertiary/aromatic N) is 2. The Labute approximate surface area is 187 Å². The van der Waals surface area contributed by atoms with E-state index in [4.69, 9.17) is 0 Å². The van der Waals surface area contributed by atoms with Gasteiger partial charge in [0.15, 0.2) is 0 Å². The predicted molar refractivity (Wildman–Crippen MR) is 124 cm³/mol. The molecule has 0 saturated carbocycles. The zero-order chi connectivity index (χ0) is 22.8. The van der Waals surface area contributed by atoms with Gasteiger partial charge in [-0.1, -0.05) is 48.9 Å². The minimum Gasteiger partial charge on any atom is -0.354 e. The maximum atomic E-state index is 13.0. The molecule has 0 spiro atoms. The van der Waals surface area contributed by atoms with Crippen LogP contribution in [-0.2, 0) is 21.9 Å². The molecule has 2 amide bonds. The molecule has 7 nitrogen and oxygen atoms in total. The molecule has 0 aromatic heterocycles. The number of hydrogen-bond acceptors (Lipinski definition) is 5. The van der Waals surface area contributed by atoms with E-state index in [0.717, 1.165) is 23.1 Å². The molecule has 0 fully saturated rings. The van der Waals surface area contributed by atoms with Crippen molar-refractivity contribution >= 4 is 29.3 Å². The highest BCUT2D eigenvalue weighted by atomic mass is 32.2. The van der Waals surface area contributed by atoms with Gasteiger partial charge >= 0.3 is 0 Å². The molecule has 0 aliphatic heterocycles. The number of rotatable bonds is 11. The van der Waals surface area contributed by atoms with Gasteiger partial charge in [0.1, 0.15) is 6.04 Å². The largest absolute Gasteiger partial charge is 0.354 e. The lowest BCUT2D eigenvalue weighted by Crippen LogP contribution is -2.48. The molecule has 0 unspecified atom stereocenters. The van der Waals surface area contributed by atoms with E-state index in [0.29, 0.717) is 18.8 Å². The van der Waals surface area contributed by atoms with Crippen LogP contribution in [0.1, 0.15) is 37.0 Å². The number of nitrogens with one attached hydrogen (secondary N) is 1. The molecule has 1 N–H and O–H groups in total. The lowest BCUT2D eigenvalue weighted by Gasteiger charge is -2.28. The van der Waals surface area contributed by atoms with Gasteiger partial charge in [-0.25, -0.2) is 0 Å². The van der Waals surface area contributed by atoms with E-state index < -0.39 is 11.0 Å². The first-order valence-electron chi connectivity index (χ1n) is 10.3.